The lowest BCUT2D eigenvalue weighted by molar-refractivity contribution is 0.0539. The first-order valence-electron chi connectivity index (χ1n) is 13.1. The molecule has 1 aromatic carbocycles. The molecule has 1 aromatic heterocycles. The van der Waals surface area contributed by atoms with Gasteiger partial charge in [0.05, 0.1) is 17.6 Å². The second kappa shape index (κ2) is 10.5. The molecule has 0 radical (unpaired) electrons. The van der Waals surface area contributed by atoms with Gasteiger partial charge in [-0.1, -0.05) is 24.3 Å². The highest BCUT2D eigenvalue weighted by Gasteiger charge is 2.54. The molecule has 2 N–H and O–H groups in total. The van der Waals surface area contributed by atoms with E-state index in [2.05, 4.69) is 21.1 Å². The Morgan fingerprint density at radius 2 is 2.05 bits per heavy atom. The Morgan fingerprint density at radius 1 is 1.22 bits per heavy atom. The fraction of sp³-hybridized carbons (Fsp3) is 0.500. The first-order valence-corrected chi connectivity index (χ1v) is 14.6. The van der Waals surface area contributed by atoms with E-state index in [1.807, 2.05) is 31.2 Å². The predicted octanol–water partition coefficient (Wildman–Crippen LogP) is 4.76. The van der Waals surface area contributed by atoms with Crippen molar-refractivity contribution in [3.05, 3.63) is 60.2 Å². The van der Waals surface area contributed by atoms with Crippen molar-refractivity contribution in [3.8, 4) is 11.1 Å². The van der Waals surface area contributed by atoms with Crippen LogP contribution in [0.4, 0.5) is 9.18 Å². The van der Waals surface area contributed by atoms with Crippen LogP contribution >= 0.6 is 0 Å². The minimum absolute atomic E-state index is 0.0105. The number of hydrogen-bond acceptors (Lipinski definition) is 5. The van der Waals surface area contributed by atoms with E-state index in [0.717, 1.165) is 42.5 Å². The van der Waals surface area contributed by atoms with Crippen molar-refractivity contribution in [1.29, 1.82) is 0 Å². The lowest BCUT2D eigenvalue weighted by atomic mass is 9.58. The maximum Gasteiger partial charge on any atom is 0.407 e. The van der Waals surface area contributed by atoms with Gasteiger partial charge in [-0.2, -0.15) is 0 Å². The first kappa shape index (κ1) is 25.9. The number of nitrogens with one attached hydrogen (secondary N) is 2. The molecule has 2 aromatic rings. The lowest BCUT2D eigenvalue weighted by Crippen LogP contribution is -2.50. The summed E-state index contributed by atoms with van der Waals surface area (Å²) in [5, 5.41) is 2.52. The maximum atomic E-state index is 13.6. The molecule has 7 atom stereocenters. The number of carbonyl (C=O) groups is 1. The van der Waals surface area contributed by atoms with Crippen LogP contribution in [-0.2, 0) is 14.8 Å². The lowest BCUT2D eigenvalue weighted by Gasteiger charge is -2.48. The monoisotopic (exact) mass is 527 g/mol. The van der Waals surface area contributed by atoms with Gasteiger partial charge in [0.15, 0.2) is 0 Å². The number of fused-ring (bicyclic) bond motifs is 2. The summed E-state index contributed by atoms with van der Waals surface area (Å²) in [6.07, 6.45) is 8.83. The van der Waals surface area contributed by atoms with Gasteiger partial charge in [-0.15, -0.1) is 0 Å². The molecule has 1 aliphatic heterocycles. The second-order valence-corrected chi connectivity index (χ2v) is 12.6. The second-order valence-electron chi connectivity index (χ2n) is 10.5. The van der Waals surface area contributed by atoms with Gasteiger partial charge in [-0.3, -0.25) is 4.98 Å². The molecule has 37 heavy (non-hydrogen) atoms. The number of ether oxygens (including phenoxy) is 1. The number of pyridine rings is 1. The normalized spacial score (nSPS) is 32.5. The number of sulfonamides is 1. The minimum atomic E-state index is -3.37. The molecule has 7 nitrogen and oxygen atoms in total. The van der Waals surface area contributed by atoms with Gasteiger partial charge >= 0.3 is 6.09 Å². The van der Waals surface area contributed by atoms with Crippen LogP contribution in [0.15, 0.2) is 48.7 Å². The molecule has 198 valence electrons. The third-order valence-corrected chi connectivity index (χ3v) is 10.3. The molecule has 1 saturated heterocycles. The topological polar surface area (TPSA) is 97.4 Å². The van der Waals surface area contributed by atoms with E-state index in [0.29, 0.717) is 18.4 Å². The first-order chi connectivity index (χ1) is 17.7. The standard InChI is InChI=1S/C28H34FN3O4S/c1-3-36-28(33)31-23-10-11-24-20(14-23)15-26-27(17(2)37(34,35)32-26)25(24)12-9-22-8-7-19(16-30-22)18-5-4-6-21(29)13-18/h4-9,12-13,16-17,20,23-27,32H,3,10-11,14-15H2,1-2H3,(H,31,33)/b12-9+/t17-,20+,23+,24-,25+,26-,27+/m1/s1. The van der Waals surface area contributed by atoms with E-state index in [-0.39, 0.29) is 35.8 Å². The number of alkyl carbamates (subject to hydrolysis) is 1. The Bertz CT molecular complexity index is 1270. The van der Waals surface area contributed by atoms with Crippen molar-refractivity contribution in [2.24, 2.45) is 23.7 Å². The molecule has 0 spiro atoms. The summed E-state index contributed by atoms with van der Waals surface area (Å²) in [6, 6.07) is 10.2. The maximum absolute atomic E-state index is 13.6. The number of halogens is 1. The summed E-state index contributed by atoms with van der Waals surface area (Å²) in [4.78, 5) is 16.5. The van der Waals surface area contributed by atoms with Crippen molar-refractivity contribution in [3.63, 3.8) is 0 Å². The predicted molar refractivity (Wildman–Crippen MR) is 140 cm³/mol. The van der Waals surface area contributed by atoms with Gasteiger partial charge < -0.3 is 10.1 Å². The van der Waals surface area contributed by atoms with Crippen molar-refractivity contribution >= 4 is 22.2 Å². The molecule has 5 rings (SSSR count). The molecule has 3 fully saturated rings. The third kappa shape index (κ3) is 5.43. The summed E-state index contributed by atoms with van der Waals surface area (Å²) < 4.78 is 47.2. The van der Waals surface area contributed by atoms with Gasteiger partial charge in [0.1, 0.15) is 5.82 Å². The van der Waals surface area contributed by atoms with Crippen molar-refractivity contribution in [2.75, 3.05) is 6.61 Å². The average Bonchev–Trinajstić information content (AvgIpc) is 3.09. The van der Waals surface area contributed by atoms with Crippen molar-refractivity contribution in [2.45, 2.75) is 56.9 Å². The molecule has 9 heteroatoms. The minimum Gasteiger partial charge on any atom is -0.450 e. The zero-order valence-electron chi connectivity index (χ0n) is 21.1. The zero-order valence-corrected chi connectivity index (χ0v) is 22.0. The Morgan fingerprint density at radius 3 is 2.78 bits per heavy atom. The number of rotatable bonds is 5. The van der Waals surface area contributed by atoms with Gasteiger partial charge in [-0.05, 0) is 93.0 Å². The summed E-state index contributed by atoms with van der Waals surface area (Å²) >= 11 is 0. The van der Waals surface area contributed by atoms with E-state index >= 15 is 0 Å². The van der Waals surface area contributed by atoms with Crippen molar-refractivity contribution < 1.29 is 22.3 Å². The average molecular weight is 528 g/mol. The van der Waals surface area contributed by atoms with Crippen LogP contribution in [-0.4, -0.2) is 43.4 Å². The highest BCUT2D eigenvalue weighted by Crippen LogP contribution is 2.51. The van der Waals surface area contributed by atoms with E-state index in [4.69, 9.17) is 4.74 Å². The molecule has 0 bridgehead atoms. The van der Waals surface area contributed by atoms with E-state index in [1.165, 1.54) is 12.1 Å². The number of carbonyl (C=O) groups excluding carboxylic acids is 1. The third-order valence-electron chi connectivity index (χ3n) is 8.38. The highest BCUT2D eigenvalue weighted by molar-refractivity contribution is 7.90. The number of allylic oxidation sites excluding steroid dienone is 1. The van der Waals surface area contributed by atoms with Gasteiger partial charge in [0, 0.05) is 23.8 Å². The summed E-state index contributed by atoms with van der Waals surface area (Å²) in [6.45, 7) is 3.93. The molecule has 3 aliphatic rings. The highest BCUT2D eigenvalue weighted by atomic mass is 32.2. The number of nitrogens with zero attached hydrogens (tertiary/aromatic N) is 1. The van der Waals surface area contributed by atoms with Gasteiger partial charge in [0.25, 0.3) is 0 Å². The van der Waals surface area contributed by atoms with Crippen LogP contribution in [0.2, 0.25) is 0 Å². The van der Waals surface area contributed by atoms with Crippen molar-refractivity contribution in [1.82, 2.24) is 15.0 Å². The molecule has 2 saturated carbocycles. The quantitative estimate of drug-likeness (QED) is 0.585. The van der Waals surface area contributed by atoms with Crippen LogP contribution < -0.4 is 10.0 Å². The van der Waals surface area contributed by atoms with Gasteiger partial charge in [-0.25, -0.2) is 22.3 Å². The van der Waals surface area contributed by atoms with E-state index in [1.54, 1.807) is 19.2 Å². The van der Waals surface area contributed by atoms with Crippen LogP contribution in [0.25, 0.3) is 17.2 Å². The summed E-state index contributed by atoms with van der Waals surface area (Å²) in [5.41, 5.74) is 2.38. The number of hydrogen-bond donors (Lipinski definition) is 2. The fourth-order valence-corrected chi connectivity index (χ4v) is 8.36. The Hall–Kier alpha value is -2.78. The number of amides is 1. The molecule has 0 unspecified atom stereocenters. The van der Waals surface area contributed by atoms with Crippen LogP contribution in [0.1, 0.15) is 45.2 Å². The molecule has 2 aliphatic carbocycles. The smallest absolute Gasteiger partial charge is 0.407 e. The number of aromatic nitrogens is 1. The number of benzene rings is 1. The molecular formula is C28H34FN3O4S. The van der Waals surface area contributed by atoms with E-state index in [9.17, 15) is 17.6 Å². The van der Waals surface area contributed by atoms with E-state index < -0.39 is 15.3 Å². The van der Waals surface area contributed by atoms with Crippen LogP contribution in [0.3, 0.4) is 0 Å². The zero-order chi connectivity index (χ0) is 26.2. The largest absolute Gasteiger partial charge is 0.450 e. The van der Waals surface area contributed by atoms with Crippen LogP contribution in [0.5, 0.6) is 0 Å². The Balaban J connectivity index is 1.36. The summed E-state index contributed by atoms with van der Waals surface area (Å²) in [5.74, 6) is 0.416. The van der Waals surface area contributed by atoms with Gasteiger partial charge in [0.2, 0.25) is 10.0 Å². The molecule has 1 amide bonds. The molecule has 2 heterocycles. The fourth-order valence-electron chi connectivity index (χ4n) is 6.69. The Labute approximate surface area is 218 Å². The SMILES string of the molecule is CCOC(=O)N[C@H]1CC[C@@H]2[C@@H](C1)C[C@H]1NS(=O)(=O)[C@H](C)[C@H]1[C@H]2/C=C/c1ccc(-c2cccc(F)c2)cn1. The summed E-state index contributed by atoms with van der Waals surface area (Å²) in [7, 11) is -3.37. The Kier molecular flexibility index (Phi) is 7.36. The van der Waals surface area contributed by atoms with Crippen LogP contribution in [0, 0.1) is 29.5 Å². The molecular weight excluding hydrogens is 493 g/mol.